The van der Waals surface area contributed by atoms with Gasteiger partial charge in [0, 0.05) is 25.2 Å². The molecule has 0 saturated carbocycles. The predicted octanol–water partition coefficient (Wildman–Crippen LogP) is 1.61. The molecule has 0 amide bonds. The topological polar surface area (TPSA) is 90.2 Å². The monoisotopic (exact) mass is 267 g/mol. The van der Waals surface area contributed by atoms with Crippen molar-refractivity contribution >= 4 is 11.5 Å². The van der Waals surface area contributed by atoms with Crippen LogP contribution in [0.3, 0.4) is 0 Å². The molecule has 1 aromatic rings. The summed E-state index contributed by atoms with van der Waals surface area (Å²) in [5.74, 6) is 0.604. The van der Waals surface area contributed by atoms with Crippen molar-refractivity contribution in [3.63, 3.8) is 0 Å². The maximum atomic E-state index is 11.3. The van der Waals surface area contributed by atoms with E-state index in [1.807, 2.05) is 18.7 Å². The number of hydrogen-bond acceptors (Lipinski definition) is 5. The first-order valence-corrected chi connectivity index (χ1v) is 6.65. The van der Waals surface area contributed by atoms with Crippen molar-refractivity contribution in [1.29, 1.82) is 0 Å². The van der Waals surface area contributed by atoms with Crippen LogP contribution in [0.15, 0.2) is 0 Å². The van der Waals surface area contributed by atoms with Gasteiger partial charge in [-0.05, 0) is 33.6 Å². The summed E-state index contributed by atoms with van der Waals surface area (Å²) in [6.07, 6.45) is 1.93. The van der Waals surface area contributed by atoms with Crippen LogP contribution in [0.2, 0.25) is 0 Å². The van der Waals surface area contributed by atoms with Crippen LogP contribution in [0, 0.1) is 17.0 Å². The van der Waals surface area contributed by atoms with E-state index in [4.69, 9.17) is 5.73 Å². The SMILES string of the molecule is Cc1nn(C(C)C)c(N2CCC[C@@H](N)C2)c1[N+](=O)[O-]. The number of aromatic nitrogens is 2. The third-order valence-corrected chi connectivity index (χ3v) is 3.46. The molecule has 2 heterocycles. The average molecular weight is 267 g/mol. The molecule has 0 unspecified atom stereocenters. The minimum absolute atomic E-state index is 0.0733. The summed E-state index contributed by atoms with van der Waals surface area (Å²) in [7, 11) is 0. The summed E-state index contributed by atoms with van der Waals surface area (Å²) in [4.78, 5) is 13.0. The van der Waals surface area contributed by atoms with Crippen LogP contribution in [-0.2, 0) is 0 Å². The Bertz CT molecular complexity index is 483. The van der Waals surface area contributed by atoms with E-state index in [1.54, 1.807) is 11.6 Å². The molecule has 7 nitrogen and oxygen atoms in total. The number of anilines is 1. The van der Waals surface area contributed by atoms with Gasteiger partial charge in [-0.25, -0.2) is 4.68 Å². The zero-order valence-electron chi connectivity index (χ0n) is 11.7. The van der Waals surface area contributed by atoms with Crippen molar-refractivity contribution in [3.8, 4) is 0 Å². The standard InChI is InChI=1S/C12H21N5O2/c1-8(2)16-12(11(17(18)19)9(3)14-16)15-6-4-5-10(13)7-15/h8,10H,4-7,13H2,1-3H3/t10-/m1/s1. The third kappa shape index (κ3) is 2.56. The molecule has 7 heteroatoms. The van der Waals surface area contributed by atoms with Gasteiger partial charge in [0.05, 0.1) is 4.92 Å². The zero-order chi connectivity index (χ0) is 14.2. The predicted molar refractivity (Wildman–Crippen MR) is 73.4 cm³/mol. The Morgan fingerprint density at radius 3 is 2.74 bits per heavy atom. The molecular formula is C12H21N5O2. The van der Waals surface area contributed by atoms with E-state index in [1.165, 1.54) is 0 Å². The summed E-state index contributed by atoms with van der Waals surface area (Å²) in [5, 5.41) is 15.6. The molecule has 19 heavy (non-hydrogen) atoms. The van der Waals surface area contributed by atoms with Gasteiger partial charge >= 0.3 is 5.69 Å². The first-order valence-electron chi connectivity index (χ1n) is 6.65. The smallest absolute Gasteiger partial charge is 0.333 e. The van der Waals surface area contributed by atoms with Gasteiger partial charge in [0.15, 0.2) is 0 Å². The van der Waals surface area contributed by atoms with Gasteiger partial charge < -0.3 is 10.6 Å². The van der Waals surface area contributed by atoms with Gasteiger partial charge in [0.2, 0.25) is 5.82 Å². The lowest BCUT2D eigenvalue weighted by atomic mass is 10.1. The molecule has 2 rings (SSSR count). The van der Waals surface area contributed by atoms with E-state index in [2.05, 4.69) is 5.10 Å². The molecule has 1 saturated heterocycles. The van der Waals surface area contributed by atoms with Crippen molar-refractivity contribution in [2.45, 2.75) is 45.7 Å². The lowest BCUT2D eigenvalue weighted by Crippen LogP contribution is -2.44. The molecule has 1 aliphatic heterocycles. The molecule has 0 aromatic carbocycles. The van der Waals surface area contributed by atoms with Gasteiger partial charge in [0.1, 0.15) is 5.69 Å². The van der Waals surface area contributed by atoms with Crippen molar-refractivity contribution in [1.82, 2.24) is 9.78 Å². The highest BCUT2D eigenvalue weighted by molar-refractivity contribution is 5.62. The maximum Gasteiger partial charge on any atom is 0.333 e. The molecule has 1 aromatic heterocycles. The number of nitrogens with zero attached hydrogens (tertiary/aromatic N) is 4. The molecule has 0 aliphatic carbocycles. The van der Waals surface area contributed by atoms with Crippen LogP contribution in [0.4, 0.5) is 11.5 Å². The van der Waals surface area contributed by atoms with E-state index >= 15 is 0 Å². The fraction of sp³-hybridized carbons (Fsp3) is 0.750. The minimum Gasteiger partial charge on any atom is -0.350 e. The van der Waals surface area contributed by atoms with E-state index in [0.29, 0.717) is 18.1 Å². The highest BCUT2D eigenvalue weighted by atomic mass is 16.6. The lowest BCUT2D eigenvalue weighted by Gasteiger charge is -2.32. The van der Waals surface area contributed by atoms with Crippen LogP contribution < -0.4 is 10.6 Å². The zero-order valence-corrected chi connectivity index (χ0v) is 11.7. The summed E-state index contributed by atoms with van der Waals surface area (Å²) in [6, 6.07) is 0.157. The Morgan fingerprint density at radius 1 is 1.53 bits per heavy atom. The average Bonchev–Trinajstić information content (AvgIpc) is 2.67. The van der Waals surface area contributed by atoms with Gasteiger partial charge in [-0.2, -0.15) is 5.10 Å². The molecule has 106 valence electrons. The normalized spacial score (nSPS) is 20.1. The van der Waals surface area contributed by atoms with E-state index in [9.17, 15) is 10.1 Å². The summed E-state index contributed by atoms with van der Waals surface area (Å²) in [5.41, 5.74) is 6.56. The Hall–Kier alpha value is -1.63. The maximum absolute atomic E-state index is 11.3. The largest absolute Gasteiger partial charge is 0.350 e. The lowest BCUT2D eigenvalue weighted by molar-refractivity contribution is -0.384. The van der Waals surface area contributed by atoms with Gasteiger partial charge in [0.25, 0.3) is 0 Å². The first-order chi connectivity index (χ1) is 8.91. The van der Waals surface area contributed by atoms with E-state index in [-0.39, 0.29) is 22.7 Å². The highest BCUT2D eigenvalue weighted by Gasteiger charge is 2.32. The number of nitrogens with two attached hydrogens (primary N) is 1. The van der Waals surface area contributed by atoms with Gasteiger partial charge in [-0.1, -0.05) is 0 Å². The number of nitro groups is 1. The van der Waals surface area contributed by atoms with Crippen LogP contribution in [0.1, 0.15) is 38.4 Å². The number of piperidine rings is 1. The van der Waals surface area contributed by atoms with Crippen LogP contribution in [0.25, 0.3) is 0 Å². The summed E-state index contributed by atoms with van der Waals surface area (Å²) < 4.78 is 1.74. The Morgan fingerprint density at radius 2 is 2.21 bits per heavy atom. The van der Waals surface area contributed by atoms with Crippen molar-refractivity contribution in [3.05, 3.63) is 15.8 Å². The molecule has 1 aliphatic rings. The second-order valence-corrected chi connectivity index (χ2v) is 5.40. The molecule has 1 atom stereocenters. The first kappa shape index (κ1) is 13.8. The minimum atomic E-state index is -0.337. The number of rotatable bonds is 3. The molecule has 0 radical (unpaired) electrons. The number of aryl methyl sites for hydroxylation is 1. The Kier molecular flexibility index (Phi) is 3.75. The molecular weight excluding hydrogens is 246 g/mol. The second kappa shape index (κ2) is 5.16. The van der Waals surface area contributed by atoms with Crippen molar-refractivity contribution in [2.24, 2.45) is 5.73 Å². The third-order valence-electron chi connectivity index (χ3n) is 3.46. The summed E-state index contributed by atoms with van der Waals surface area (Å²) in [6.45, 7) is 7.09. The molecule has 0 spiro atoms. The van der Waals surface area contributed by atoms with Crippen LogP contribution in [-0.4, -0.2) is 33.8 Å². The van der Waals surface area contributed by atoms with E-state index < -0.39 is 0 Å². The van der Waals surface area contributed by atoms with Crippen molar-refractivity contribution in [2.75, 3.05) is 18.0 Å². The quantitative estimate of drug-likeness (QED) is 0.663. The van der Waals surface area contributed by atoms with Gasteiger partial charge in [-0.3, -0.25) is 10.1 Å². The van der Waals surface area contributed by atoms with E-state index in [0.717, 1.165) is 19.4 Å². The van der Waals surface area contributed by atoms with Crippen molar-refractivity contribution < 1.29 is 4.92 Å². The fourth-order valence-electron chi connectivity index (χ4n) is 2.60. The fourth-order valence-corrected chi connectivity index (χ4v) is 2.60. The van der Waals surface area contributed by atoms with Gasteiger partial charge in [-0.15, -0.1) is 0 Å². The summed E-state index contributed by atoms with van der Waals surface area (Å²) >= 11 is 0. The molecule has 0 bridgehead atoms. The Labute approximate surface area is 112 Å². The van der Waals surface area contributed by atoms with Crippen LogP contribution >= 0.6 is 0 Å². The Balaban J connectivity index is 2.49. The second-order valence-electron chi connectivity index (χ2n) is 5.40. The van der Waals surface area contributed by atoms with Crippen LogP contribution in [0.5, 0.6) is 0 Å². The highest BCUT2D eigenvalue weighted by Crippen LogP contribution is 2.35. The number of hydrogen-bond donors (Lipinski definition) is 1. The molecule has 2 N–H and O–H groups in total. The molecule has 1 fully saturated rings.